The molecule has 0 aliphatic heterocycles. The van der Waals surface area contributed by atoms with E-state index in [9.17, 15) is 0 Å². The van der Waals surface area contributed by atoms with Gasteiger partial charge in [-0.25, -0.2) is 0 Å². The van der Waals surface area contributed by atoms with Crippen LogP contribution in [-0.4, -0.2) is 16.0 Å². The zero-order chi connectivity index (χ0) is 13.5. The van der Waals surface area contributed by atoms with Gasteiger partial charge < -0.3 is 5.73 Å². The Morgan fingerprint density at radius 3 is 2.53 bits per heavy atom. The zero-order valence-corrected chi connectivity index (χ0v) is 11.4. The molecule has 0 spiro atoms. The standard InChI is InChI=1S/C16H21N3/c1-2-13-4-6-16(19-12-13)11-15(17)5-3-14-7-9-18-10-8-14/h4,6-10,12,15H,2-3,5,11,17H2,1H3. The van der Waals surface area contributed by atoms with E-state index in [-0.39, 0.29) is 6.04 Å². The molecule has 100 valence electrons. The van der Waals surface area contributed by atoms with E-state index in [1.807, 2.05) is 30.7 Å². The first-order chi connectivity index (χ1) is 9.28. The second kappa shape index (κ2) is 7.00. The Balaban J connectivity index is 1.82. The maximum absolute atomic E-state index is 6.17. The van der Waals surface area contributed by atoms with Crippen LogP contribution in [0.2, 0.25) is 0 Å². The first-order valence-corrected chi connectivity index (χ1v) is 6.86. The quantitative estimate of drug-likeness (QED) is 0.863. The molecule has 2 N–H and O–H groups in total. The van der Waals surface area contributed by atoms with Crippen molar-refractivity contribution in [1.82, 2.24) is 9.97 Å². The molecule has 0 bridgehead atoms. The Morgan fingerprint density at radius 1 is 1.11 bits per heavy atom. The lowest BCUT2D eigenvalue weighted by atomic mass is 10.0. The van der Waals surface area contributed by atoms with Crippen molar-refractivity contribution in [3.05, 3.63) is 59.7 Å². The van der Waals surface area contributed by atoms with Crippen molar-refractivity contribution in [2.24, 2.45) is 5.73 Å². The topological polar surface area (TPSA) is 51.8 Å². The number of nitrogens with zero attached hydrogens (tertiary/aromatic N) is 2. The molecule has 2 aromatic rings. The molecule has 2 heterocycles. The van der Waals surface area contributed by atoms with Crippen molar-refractivity contribution in [1.29, 1.82) is 0 Å². The monoisotopic (exact) mass is 255 g/mol. The van der Waals surface area contributed by atoms with Gasteiger partial charge in [-0.2, -0.15) is 0 Å². The molecule has 0 amide bonds. The summed E-state index contributed by atoms with van der Waals surface area (Å²) in [5, 5.41) is 0. The van der Waals surface area contributed by atoms with Crippen LogP contribution in [0.3, 0.4) is 0 Å². The summed E-state index contributed by atoms with van der Waals surface area (Å²) in [5.41, 5.74) is 9.82. The summed E-state index contributed by atoms with van der Waals surface area (Å²) in [4.78, 5) is 8.47. The lowest BCUT2D eigenvalue weighted by Gasteiger charge is -2.11. The Bertz CT molecular complexity index is 479. The maximum Gasteiger partial charge on any atom is 0.0419 e. The Morgan fingerprint density at radius 2 is 1.89 bits per heavy atom. The van der Waals surface area contributed by atoms with E-state index in [4.69, 9.17) is 5.73 Å². The van der Waals surface area contributed by atoms with Gasteiger partial charge in [0.25, 0.3) is 0 Å². The van der Waals surface area contributed by atoms with E-state index < -0.39 is 0 Å². The number of nitrogens with two attached hydrogens (primary N) is 1. The SMILES string of the molecule is CCc1ccc(CC(N)CCc2ccncc2)nc1. The fourth-order valence-corrected chi connectivity index (χ4v) is 2.06. The molecule has 1 unspecified atom stereocenters. The molecule has 2 rings (SSSR count). The van der Waals surface area contributed by atoms with Crippen LogP contribution in [-0.2, 0) is 19.3 Å². The smallest absolute Gasteiger partial charge is 0.0419 e. The van der Waals surface area contributed by atoms with E-state index in [2.05, 4.69) is 29.0 Å². The highest BCUT2D eigenvalue weighted by Gasteiger charge is 2.05. The molecule has 0 aliphatic carbocycles. The van der Waals surface area contributed by atoms with E-state index in [1.165, 1.54) is 11.1 Å². The minimum Gasteiger partial charge on any atom is -0.327 e. The van der Waals surface area contributed by atoms with Crippen molar-refractivity contribution in [3.63, 3.8) is 0 Å². The number of aryl methyl sites for hydroxylation is 2. The van der Waals surface area contributed by atoms with Crippen LogP contribution in [0.4, 0.5) is 0 Å². The van der Waals surface area contributed by atoms with Crippen LogP contribution in [0, 0.1) is 0 Å². The van der Waals surface area contributed by atoms with Crippen LogP contribution >= 0.6 is 0 Å². The highest BCUT2D eigenvalue weighted by molar-refractivity contribution is 5.15. The molecule has 0 aliphatic rings. The van der Waals surface area contributed by atoms with Crippen LogP contribution in [0.1, 0.15) is 30.2 Å². The van der Waals surface area contributed by atoms with Gasteiger partial charge in [-0.1, -0.05) is 13.0 Å². The number of rotatable bonds is 6. The number of aromatic nitrogens is 2. The molecular weight excluding hydrogens is 234 g/mol. The lowest BCUT2D eigenvalue weighted by molar-refractivity contribution is 0.602. The van der Waals surface area contributed by atoms with Crippen molar-refractivity contribution in [2.45, 2.75) is 38.6 Å². The fourth-order valence-electron chi connectivity index (χ4n) is 2.06. The van der Waals surface area contributed by atoms with Crippen molar-refractivity contribution in [3.8, 4) is 0 Å². The Hall–Kier alpha value is -1.74. The average Bonchev–Trinajstić information content (AvgIpc) is 2.47. The fraction of sp³-hybridized carbons (Fsp3) is 0.375. The predicted octanol–water partition coefficient (Wildman–Crippen LogP) is 2.54. The van der Waals surface area contributed by atoms with Crippen molar-refractivity contribution in [2.75, 3.05) is 0 Å². The molecule has 0 radical (unpaired) electrons. The summed E-state index contributed by atoms with van der Waals surface area (Å²) in [6.07, 6.45) is 9.44. The summed E-state index contributed by atoms with van der Waals surface area (Å²) in [7, 11) is 0. The molecule has 3 nitrogen and oxygen atoms in total. The van der Waals surface area contributed by atoms with Gasteiger partial charge in [0.2, 0.25) is 0 Å². The molecule has 0 saturated carbocycles. The number of hydrogen-bond donors (Lipinski definition) is 1. The number of hydrogen-bond acceptors (Lipinski definition) is 3. The van der Waals surface area contributed by atoms with E-state index in [0.29, 0.717) is 0 Å². The molecule has 0 saturated heterocycles. The summed E-state index contributed by atoms with van der Waals surface area (Å²) in [6.45, 7) is 2.14. The molecule has 19 heavy (non-hydrogen) atoms. The van der Waals surface area contributed by atoms with Gasteiger partial charge in [0.1, 0.15) is 0 Å². The maximum atomic E-state index is 6.17. The minimum atomic E-state index is 0.160. The van der Waals surface area contributed by atoms with Gasteiger partial charge >= 0.3 is 0 Å². The largest absolute Gasteiger partial charge is 0.327 e. The average molecular weight is 255 g/mol. The van der Waals surface area contributed by atoms with E-state index >= 15 is 0 Å². The molecule has 1 atom stereocenters. The van der Waals surface area contributed by atoms with Crippen molar-refractivity contribution < 1.29 is 0 Å². The van der Waals surface area contributed by atoms with Gasteiger partial charge in [0.15, 0.2) is 0 Å². The normalized spacial score (nSPS) is 12.3. The van der Waals surface area contributed by atoms with Gasteiger partial charge in [0, 0.05) is 36.7 Å². The van der Waals surface area contributed by atoms with Gasteiger partial charge in [-0.3, -0.25) is 9.97 Å². The summed E-state index contributed by atoms with van der Waals surface area (Å²) < 4.78 is 0. The van der Waals surface area contributed by atoms with Gasteiger partial charge in [-0.05, 0) is 48.6 Å². The summed E-state index contributed by atoms with van der Waals surface area (Å²) in [5.74, 6) is 0. The zero-order valence-electron chi connectivity index (χ0n) is 11.4. The second-order valence-electron chi connectivity index (χ2n) is 4.87. The van der Waals surface area contributed by atoms with Gasteiger partial charge in [-0.15, -0.1) is 0 Å². The third-order valence-corrected chi connectivity index (χ3v) is 3.32. The second-order valence-corrected chi connectivity index (χ2v) is 4.87. The molecular formula is C16H21N3. The number of pyridine rings is 2. The molecule has 0 fully saturated rings. The highest BCUT2D eigenvalue weighted by Crippen LogP contribution is 2.08. The Kier molecular flexibility index (Phi) is 5.04. The first kappa shape index (κ1) is 13.7. The predicted molar refractivity (Wildman–Crippen MR) is 77.9 cm³/mol. The minimum absolute atomic E-state index is 0.160. The Labute approximate surface area is 114 Å². The van der Waals surface area contributed by atoms with Gasteiger partial charge in [0.05, 0.1) is 0 Å². The summed E-state index contributed by atoms with van der Waals surface area (Å²) >= 11 is 0. The molecule has 2 aromatic heterocycles. The highest BCUT2D eigenvalue weighted by atomic mass is 14.7. The van der Waals surface area contributed by atoms with Crippen LogP contribution in [0.25, 0.3) is 0 Å². The molecule has 3 heteroatoms. The first-order valence-electron chi connectivity index (χ1n) is 6.86. The van der Waals surface area contributed by atoms with Crippen molar-refractivity contribution >= 4 is 0 Å². The third-order valence-electron chi connectivity index (χ3n) is 3.32. The molecule has 0 aromatic carbocycles. The van der Waals surface area contributed by atoms with Crippen LogP contribution in [0.5, 0.6) is 0 Å². The van der Waals surface area contributed by atoms with E-state index in [0.717, 1.165) is 31.4 Å². The third kappa shape index (κ3) is 4.45. The lowest BCUT2D eigenvalue weighted by Crippen LogP contribution is -2.24. The summed E-state index contributed by atoms with van der Waals surface area (Å²) in [6, 6.07) is 8.47. The van der Waals surface area contributed by atoms with E-state index in [1.54, 1.807) is 0 Å². The van der Waals surface area contributed by atoms with Crippen LogP contribution in [0.15, 0.2) is 42.9 Å². The van der Waals surface area contributed by atoms with Crippen LogP contribution < -0.4 is 5.73 Å².